The normalized spacial score (nSPS) is 12.5. The second-order valence-corrected chi connectivity index (χ2v) is 13.2. The maximum absolute atomic E-state index is 12.6. The van der Waals surface area contributed by atoms with Crippen molar-refractivity contribution in [2.45, 2.75) is 174 Å². The molecule has 0 rings (SSSR count). The number of allylic oxidation sites excluding steroid dienone is 8. The van der Waals surface area contributed by atoms with Gasteiger partial charge in [-0.15, -0.1) is 0 Å². The summed E-state index contributed by atoms with van der Waals surface area (Å²) in [5.74, 6) is -1.26. The van der Waals surface area contributed by atoms with Gasteiger partial charge >= 0.3 is 11.9 Å². The number of carbonyl (C=O) groups excluding carboxylic acids is 3. The lowest BCUT2D eigenvalue weighted by atomic mass is 10.1. The molecule has 0 saturated carbocycles. The molecule has 0 bridgehead atoms. The number of alkyl halides is 1. The molecule has 0 fully saturated rings. The van der Waals surface area contributed by atoms with Gasteiger partial charge in [-0.05, 0) is 77.0 Å². The summed E-state index contributed by atoms with van der Waals surface area (Å²) in [6.07, 6.45) is 44.5. The molecule has 0 aliphatic carbocycles. The van der Waals surface area contributed by atoms with Crippen molar-refractivity contribution < 1.29 is 23.9 Å². The van der Waals surface area contributed by atoms with Gasteiger partial charge in [-0.1, -0.05) is 149 Å². The number of ether oxygens (including phenoxy) is 2. The quantitative estimate of drug-likeness (QED) is 0.0308. The van der Waals surface area contributed by atoms with Crippen LogP contribution in [0.1, 0.15) is 168 Å². The molecule has 276 valence electrons. The summed E-state index contributed by atoms with van der Waals surface area (Å²) < 4.78 is 10.7. The minimum atomic E-state index is -0.992. The SMILES string of the molecule is CCCCC/C=C\C/C=C\CCCCCCCCOC(=O)[C@H](COC(=O)CCCCCCC/C=C\C/C=C\CCCCC)NC(=O)CBr. The molecule has 0 aliphatic rings. The average Bonchev–Trinajstić information content (AvgIpc) is 3.09. The fraction of sp³-hybridized carbons (Fsp3) is 0.732. The summed E-state index contributed by atoms with van der Waals surface area (Å²) in [6.45, 7) is 4.56. The van der Waals surface area contributed by atoms with Crippen molar-refractivity contribution in [2.75, 3.05) is 18.5 Å². The molecule has 0 heterocycles. The van der Waals surface area contributed by atoms with Crippen molar-refractivity contribution >= 4 is 33.8 Å². The highest BCUT2D eigenvalue weighted by molar-refractivity contribution is 9.09. The van der Waals surface area contributed by atoms with Crippen LogP contribution in [0.4, 0.5) is 0 Å². The largest absolute Gasteiger partial charge is 0.464 e. The van der Waals surface area contributed by atoms with E-state index in [2.05, 4.69) is 83.7 Å². The van der Waals surface area contributed by atoms with Crippen LogP contribution < -0.4 is 5.32 Å². The number of amides is 1. The number of carbonyl (C=O) groups is 3. The summed E-state index contributed by atoms with van der Waals surface area (Å²) in [7, 11) is 0. The van der Waals surface area contributed by atoms with Crippen molar-refractivity contribution in [2.24, 2.45) is 0 Å². The van der Waals surface area contributed by atoms with Gasteiger partial charge in [0.2, 0.25) is 5.91 Å². The number of rotatable bonds is 34. The fourth-order valence-electron chi connectivity index (χ4n) is 5.09. The molecule has 1 amide bonds. The van der Waals surface area contributed by atoms with Crippen LogP contribution in [0, 0.1) is 0 Å². The molecule has 6 nitrogen and oxygen atoms in total. The van der Waals surface area contributed by atoms with Crippen molar-refractivity contribution in [3.05, 3.63) is 48.6 Å². The van der Waals surface area contributed by atoms with E-state index in [1.54, 1.807) is 0 Å². The topological polar surface area (TPSA) is 81.7 Å². The molecule has 7 heteroatoms. The van der Waals surface area contributed by atoms with Gasteiger partial charge in [0.05, 0.1) is 11.9 Å². The van der Waals surface area contributed by atoms with Gasteiger partial charge in [0.1, 0.15) is 6.61 Å². The highest BCUT2D eigenvalue weighted by Gasteiger charge is 2.23. The molecular weight excluding hydrogens is 666 g/mol. The highest BCUT2D eigenvalue weighted by Crippen LogP contribution is 2.11. The Morgan fingerprint density at radius 2 is 1.00 bits per heavy atom. The maximum Gasteiger partial charge on any atom is 0.332 e. The molecule has 0 aromatic heterocycles. The van der Waals surface area contributed by atoms with Crippen LogP contribution in [0.2, 0.25) is 0 Å². The third-order valence-electron chi connectivity index (χ3n) is 8.07. The van der Waals surface area contributed by atoms with Gasteiger partial charge in [0.15, 0.2) is 6.04 Å². The number of halogens is 1. The molecular formula is C41H70BrNO5. The third kappa shape index (κ3) is 33.7. The Labute approximate surface area is 303 Å². The van der Waals surface area contributed by atoms with Crippen LogP contribution in [0.15, 0.2) is 48.6 Å². The Morgan fingerprint density at radius 1 is 0.562 bits per heavy atom. The molecule has 0 radical (unpaired) electrons. The first kappa shape index (κ1) is 45.9. The van der Waals surface area contributed by atoms with Gasteiger partial charge in [-0.2, -0.15) is 0 Å². The number of nitrogens with one attached hydrogen (secondary N) is 1. The maximum atomic E-state index is 12.6. The minimum absolute atomic E-state index is 0.0582. The Balaban J connectivity index is 3.93. The highest BCUT2D eigenvalue weighted by atomic mass is 79.9. The van der Waals surface area contributed by atoms with Gasteiger partial charge in [0.25, 0.3) is 0 Å². The third-order valence-corrected chi connectivity index (χ3v) is 8.58. The number of esters is 2. The van der Waals surface area contributed by atoms with Gasteiger partial charge in [0, 0.05) is 6.42 Å². The smallest absolute Gasteiger partial charge is 0.332 e. The van der Waals surface area contributed by atoms with E-state index in [1.807, 2.05) is 0 Å². The minimum Gasteiger partial charge on any atom is -0.464 e. The summed E-state index contributed by atoms with van der Waals surface area (Å²) >= 11 is 3.10. The lowest BCUT2D eigenvalue weighted by molar-refractivity contribution is -0.153. The van der Waals surface area contributed by atoms with E-state index in [0.29, 0.717) is 13.0 Å². The summed E-state index contributed by atoms with van der Waals surface area (Å²) in [4.78, 5) is 36.8. The predicted molar refractivity (Wildman–Crippen MR) is 206 cm³/mol. The first-order valence-electron chi connectivity index (χ1n) is 19.3. The fourth-order valence-corrected chi connectivity index (χ4v) is 5.26. The van der Waals surface area contributed by atoms with Gasteiger partial charge in [-0.3, -0.25) is 9.59 Å². The lowest BCUT2D eigenvalue weighted by Crippen LogP contribution is -2.46. The van der Waals surface area contributed by atoms with Crippen LogP contribution in [0.25, 0.3) is 0 Å². The number of hydrogen-bond acceptors (Lipinski definition) is 5. The molecule has 0 unspecified atom stereocenters. The molecule has 0 aromatic rings. The number of hydrogen-bond donors (Lipinski definition) is 1. The summed E-state index contributed by atoms with van der Waals surface area (Å²) in [5, 5.41) is 2.65. The van der Waals surface area contributed by atoms with E-state index in [9.17, 15) is 14.4 Å². The molecule has 48 heavy (non-hydrogen) atoms. The standard InChI is InChI=1S/C41H70BrNO5/c1-3-5-7-9-11-13-15-17-19-21-23-25-27-29-31-33-35-47-41(46)38(43-39(44)36-42)37-48-40(45)34-32-30-28-26-24-22-20-18-16-14-12-10-8-6-4-2/h11-14,17-20,38H,3-10,15-16,21-37H2,1-2H3,(H,43,44)/b13-11-,14-12-,19-17-,20-18-/t38-/m0/s1. The molecule has 0 aromatic carbocycles. The molecule has 0 saturated heterocycles. The lowest BCUT2D eigenvalue weighted by Gasteiger charge is -2.17. The van der Waals surface area contributed by atoms with Crippen molar-refractivity contribution in [3.8, 4) is 0 Å². The van der Waals surface area contributed by atoms with E-state index in [-0.39, 0.29) is 23.8 Å². The van der Waals surface area contributed by atoms with Crippen LogP contribution in [0.5, 0.6) is 0 Å². The van der Waals surface area contributed by atoms with Crippen LogP contribution in [-0.4, -0.2) is 42.4 Å². The second kappa shape index (κ2) is 37.7. The Morgan fingerprint density at radius 3 is 1.48 bits per heavy atom. The second-order valence-electron chi connectivity index (χ2n) is 12.7. The summed E-state index contributed by atoms with van der Waals surface area (Å²) in [6, 6.07) is -0.992. The van der Waals surface area contributed by atoms with Crippen LogP contribution in [-0.2, 0) is 23.9 Å². The monoisotopic (exact) mass is 735 g/mol. The molecule has 1 atom stereocenters. The zero-order chi connectivity index (χ0) is 35.2. The molecule has 0 spiro atoms. The molecule has 1 N–H and O–H groups in total. The number of unbranched alkanes of at least 4 members (excludes halogenated alkanes) is 17. The van der Waals surface area contributed by atoms with E-state index >= 15 is 0 Å². The van der Waals surface area contributed by atoms with E-state index in [1.165, 1.54) is 70.6 Å². The zero-order valence-corrected chi connectivity index (χ0v) is 32.3. The Kier molecular flexibility index (Phi) is 36.0. The van der Waals surface area contributed by atoms with Crippen molar-refractivity contribution in [1.29, 1.82) is 0 Å². The predicted octanol–water partition coefficient (Wildman–Crippen LogP) is 11.6. The van der Waals surface area contributed by atoms with E-state index < -0.39 is 12.0 Å². The van der Waals surface area contributed by atoms with Gasteiger partial charge < -0.3 is 14.8 Å². The molecule has 0 aliphatic heterocycles. The first-order valence-corrected chi connectivity index (χ1v) is 20.4. The van der Waals surface area contributed by atoms with Crippen LogP contribution >= 0.6 is 15.9 Å². The Bertz CT molecular complexity index is 882. The van der Waals surface area contributed by atoms with E-state index in [0.717, 1.165) is 77.0 Å². The van der Waals surface area contributed by atoms with Crippen LogP contribution in [0.3, 0.4) is 0 Å². The van der Waals surface area contributed by atoms with Crippen molar-refractivity contribution in [3.63, 3.8) is 0 Å². The Hall–Kier alpha value is -2.15. The first-order chi connectivity index (χ1) is 23.5. The van der Waals surface area contributed by atoms with Gasteiger partial charge in [-0.25, -0.2) is 4.79 Å². The van der Waals surface area contributed by atoms with E-state index in [4.69, 9.17) is 9.47 Å². The van der Waals surface area contributed by atoms with Crippen molar-refractivity contribution in [1.82, 2.24) is 5.32 Å². The average molecular weight is 737 g/mol. The summed E-state index contributed by atoms with van der Waals surface area (Å²) in [5.41, 5.74) is 0. The zero-order valence-electron chi connectivity index (χ0n) is 30.7.